The second-order valence-corrected chi connectivity index (χ2v) is 7.83. The van der Waals surface area contributed by atoms with Gasteiger partial charge in [0.1, 0.15) is 59.7 Å². The number of fused-ring (bicyclic) bond motifs is 3. The quantitative estimate of drug-likeness (QED) is 0.192. The Bertz CT molecular complexity index is 711. The number of aliphatic hydroxyl groups is 6. The van der Waals surface area contributed by atoms with Gasteiger partial charge in [0.25, 0.3) is 0 Å². The molecule has 4 rings (SSSR count). The molecule has 2 saturated heterocycles. The van der Waals surface area contributed by atoms with E-state index in [0.717, 1.165) is 13.4 Å². The molecule has 3 fully saturated rings. The van der Waals surface area contributed by atoms with E-state index in [-0.39, 0.29) is 5.57 Å². The third kappa shape index (κ3) is 2.76. The smallest absolute Gasteiger partial charge is 0.339 e. The molecule has 0 radical (unpaired) electrons. The third-order valence-corrected chi connectivity index (χ3v) is 6.26. The first-order valence-electron chi connectivity index (χ1n) is 9.09. The Morgan fingerprint density at radius 1 is 1.17 bits per heavy atom. The molecule has 0 unspecified atom stereocenters. The van der Waals surface area contributed by atoms with E-state index in [4.69, 9.17) is 18.9 Å². The van der Waals surface area contributed by atoms with E-state index in [2.05, 4.69) is 4.74 Å². The molecular formula is C17H24O12. The number of aliphatic hydroxyl groups excluding tert-OH is 5. The van der Waals surface area contributed by atoms with Crippen molar-refractivity contribution in [3.05, 3.63) is 11.8 Å². The van der Waals surface area contributed by atoms with Crippen molar-refractivity contribution in [3.8, 4) is 0 Å². The largest absolute Gasteiger partial charge is 0.471 e. The monoisotopic (exact) mass is 420 g/mol. The van der Waals surface area contributed by atoms with Gasteiger partial charge >= 0.3 is 5.97 Å². The maximum Gasteiger partial charge on any atom is 0.339 e. The summed E-state index contributed by atoms with van der Waals surface area (Å²) in [5, 5.41) is 61.2. The lowest BCUT2D eigenvalue weighted by atomic mass is 9.77. The average Bonchev–Trinajstić information content (AvgIpc) is 3.34. The minimum Gasteiger partial charge on any atom is -0.471 e. The molecule has 1 saturated carbocycles. The number of rotatable bonds is 4. The molecule has 0 aromatic rings. The van der Waals surface area contributed by atoms with Gasteiger partial charge in [-0.25, -0.2) is 4.79 Å². The van der Waals surface area contributed by atoms with Crippen LogP contribution in [0, 0.1) is 5.92 Å². The van der Waals surface area contributed by atoms with Crippen LogP contribution in [0.15, 0.2) is 11.8 Å². The topological polar surface area (TPSA) is 188 Å². The number of methoxy groups -OCH3 is 1. The van der Waals surface area contributed by atoms with Crippen molar-refractivity contribution >= 4 is 5.97 Å². The molecule has 1 aliphatic carbocycles. The van der Waals surface area contributed by atoms with E-state index in [1.165, 1.54) is 0 Å². The molecule has 4 aliphatic rings. The van der Waals surface area contributed by atoms with Crippen LogP contribution in [0.5, 0.6) is 0 Å². The van der Waals surface area contributed by atoms with Gasteiger partial charge in [-0.05, 0) is 6.92 Å². The SMILES string of the molecule is COC(=O)C1=CO[C@H](O[C@H]2O[C@@H](CO)[C@H](O)[C@@H](O)[C@@H]2O)[C@H]2[C@]3(C)O[C@@H]3[C@H](O)[C@@]12O. The van der Waals surface area contributed by atoms with Crippen LogP contribution in [0.1, 0.15) is 6.92 Å². The molecule has 0 aromatic heterocycles. The highest BCUT2D eigenvalue weighted by atomic mass is 16.8. The van der Waals surface area contributed by atoms with Crippen molar-refractivity contribution in [1.82, 2.24) is 0 Å². The lowest BCUT2D eigenvalue weighted by Crippen LogP contribution is -2.63. The number of epoxide rings is 1. The number of ether oxygens (including phenoxy) is 5. The number of hydrogen-bond donors (Lipinski definition) is 6. The first-order chi connectivity index (χ1) is 13.6. The second kappa shape index (κ2) is 6.83. The molecule has 164 valence electrons. The Morgan fingerprint density at radius 3 is 2.48 bits per heavy atom. The van der Waals surface area contributed by atoms with Gasteiger partial charge in [0, 0.05) is 0 Å². The molecule has 6 N–H and O–H groups in total. The lowest BCUT2D eigenvalue weighted by molar-refractivity contribution is -0.350. The Hall–Kier alpha value is -1.35. The van der Waals surface area contributed by atoms with Crippen LogP contribution < -0.4 is 0 Å². The Balaban J connectivity index is 1.64. The lowest BCUT2D eigenvalue weighted by Gasteiger charge is -2.46. The number of esters is 1. The molecule has 0 amide bonds. The fourth-order valence-electron chi connectivity index (χ4n) is 4.58. The normalized spacial score (nSPS) is 53.4. The Kier molecular flexibility index (Phi) is 4.93. The molecule has 12 nitrogen and oxygen atoms in total. The Labute approximate surface area is 164 Å². The Morgan fingerprint density at radius 2 is 1.86 bits per heavy atom. The summed E-state index contributed by atoms with van der Waals surface area (Å²) >= 11 is 0. The summed E-state index contributed by atoms with van der Waals surface area (Å²) in [7, 11) is 1.11. The van der Waals surface area contributed by atoms with Gasteiger partial charge in [0.15, 0.2) is 6.29 Å². The zero-order chi connectivity index (χ0) is 21.3. The van der Waals surface area contributed by atoms with Gasteiger partial charge in [-0.1, -0.05) is 0 Å². The molecule has 0 bridgehead atoms. The van der Waals surface area contributed by atoms with E-state index in [1.807, 2.05) is 0 Å². The average molecular weight is 420 g/mol. The summed E-state index contributed by atoms with van der Waals surface area (Å²) in [5.74, 6) is -2.03. The van der Waals surface area contributed by atoms with E-state index >= 15 is 0 Å². The highest BCUT2D eigenvalue weighted by Gasteiger charge is 2.81. The van der Waals surface area contributed by atoms with Crippen molar-refractivity contribution in [2.45, 2.75) is 67.3 Å². The van der Waals surface area contributed by atoms with E-state index in [1.54, 1.807) is 6.92 Å². The highest BCUT2D eigenvalue weighted by molar-refractivity contribution is 5.91. The molecule has 3 heterocycles. The van der Waals surface area contributed by atoms with E-state index in [9.17, 15) is 35.4 Å². The van der Waals surface area contributed by atoms with Crippen LogP contribution in [0.2, 0.25) is 0 Å². The predicted molar refractivity (Wildman–Crippen MR) is 87.5 cm³/mol. The fourth-order valence-corrected chi connectivity index (χ4v) is 4.58. The first-order valence-corrected chi connectivity index (χ1v) is 9.09. The fraction of sp³-hybridized carbons (Fsp3) is 0.824. The summed E-state index contributed by atoms with van der Waals surface area (Å²) in [5.41, 5.74) is -3.55. The van der Waals surface area contributed by atoms with Crippen molar-refractivity contribution in [2.75, 3.05) is 13.7 Å². The summed E-state index contributed by atoms with van der Waals surface area (Å²) in [6.45, 7) is 0.939. The van der Waals surface area contributed by atoms with Crippen molar-refractivity contribution in [1.29, 1.82) is 0 Å². The van der Waals surface area contributed by atoms with E-state index < -0.39 is 78.9 Å². The van der Waals surface area contributed by atoms with E-state index in [0.29, 0.717) is 0 Å². The van der Waals surface area contributed by atoms with Gasteiger partial charge in [-0.3, -0.25) is 0 Å². The molecule has 3 aliphatic heterocycles. The molecular weight excluding hydrogens is 396 g/mol. The standard InChI is InChI=1S/C17H24O12/c1-16-10-15(28-14-9(21)8(20)7(19)6(3-18)27-14)26-4-5(13(23)25-2)17(10,24)11(22)12(16)29-16/h4,6-12,14-15,18-22,24H,3H2,1-2H3/t6-,7-,8+,9-,10-,11-,12+,14+,15+,16-,17+/m0/s1. The minimum atomic E-state index is -2.12. The molecule has 0 aromatic carbocycles. The van der Waals surface area contributed by atoms with Gasteiger partial charge in [0.2, 0.25) is 6.29 Å². The minimum absolute atomic E-state index is 0.317. The molecule has 11 atom stereocenters. The summed E-state index contributed by atoms with van der Waals surface area (Å²) < 4.78 is 26.5. The van der Waals surface area contributed by atoms with Gasteiger partial charge < -0.3 is 54.3 Å². The van der Waals surface area contributed by atoms with Gasteiger partial charge in [-0.15, -0.1) is 0 Å². The molecule has 12 heteroatoms. The third-order valence-electron chi connectivity index (χ3n) is 6.26. The molecule has 29 heavy (non-hydrogen) atoms. The van der Waals surface area contributed by atoms with Crippen LogP contribution in [0.4, 0.5) is 0 Å². The zero-order valence-electron chi connectivity index (χ0n) is 15.6. The van der Waals surface area contributed by atoms with Crippen LogP contribution in [-0.2, 0) is 28.5 Å². The van der Waals surface area contributed by atoms with Crippen molar-refractivity contribution in [2.24, 2.45) is 5.92 Å². The second-order valence-electron chi connectivity index (χ2n) is 7.83. The number of carbonyl (C=O) groups is 1. The summed E-state index contributed by atoms with van der Waals surface area (Å²) in [6, 6.07) is 0. The number of carbonyl (C=O) groups excluding carboxylic acids is 1. The summed E-state index contributed by atoms with van der Waals surface area (Å²) in [6.07, 6.45) is -10.5. The maximum absolute atomic E-state index is 12.1. The van der Waals surface area contributed by atoms with Crippen LogP contribution in [-0.4, -0.2) is 111 Å². The predicted octanol–water partition coefficient (Wildman–Crippen LogP) is -3.90. The molecule has 0 spiro atoms. The maximum atomic E-state index is 12.1. The zero-order valence-corrected chi connectivity index (χ0v) is 15.6. The summed E-state index contributed by atoms with van der Waals surface area (Å²) in [4.78, 5) is 12.1. The van der Waals surface area contributed by atoms with Crippen LogP contribution in [0.25, 0.3) is 0 Å². The van der Waals surface area contributed by atoms with Gasteiger partial charge in [-0.2, -0.15) is 0 Å². The van der Waals surface area contributed by atoms with Crippen LogP contribution >= 0.6 is 0 Å². The van der Waals surface area contributed by atoms with Gasteiger partial charge in [0.05, 0.1) is 19.6 Å². The van der Waals surface area contributed by atoms with Crippen molar-refractivity contribution < 1.29 is 59.1 Å². The number of hydrogen-bond acceptors (Lipinski definition) is 12. The highest BCUT2D eigenvalue weighted by Crippen LogP contribution is 2.63. The first kappa shape index (κ1) is 20.9. The van der Waals surface area contributed by atoms with Crippen LogP contribution in [0.3, 0.4) is 0 Å². The van der Waals surface area contributed by atoms with Crippen molar-refractivity contribution in [3.63, 3.8) is 0 Å².